The highest BCUT2D eigenvalue weighted by molar-refractivity contribution is 5.82. The number of H-pyrrole nitrogens is 1. The normalized spacial score (nSPS) is 17.0. The maximum Gasteiger partial charge on any atom is 0.248 e. The van der Waals surface area contributed by atoms with E-state index in [1.54, 1.807) is 6.07 Å². The van der Waals surface area contributed by atoms with Gasteiger partial charge in [-0.25, -0.2) is 0 Å². The Morgan fingerprint density at radius 3 is 2.86 bits per heavy atom. The number of benzene rings is 2. The number of pyridine rings is 1. The molecule has 2 heterocycles. The van der Waals surface area contributed by atoms with Gasteiger partial charge in [-0.1, -0.05) is 18.2 Å². The van der Waals surface area contributed by atoms with Gasteiger partial charge in [0.1, 0.15) is 5.75 Å². The molecule has 1 fully saturated rings. The summed E-state index contributed by atoms with van der Waals surface area (Å²) in [6, 6.07) is 18.7. The minimum absolute atomic E-state index is 0.0760. The maximum atomic E-state index is 11.7. The molecule has 146 valence electrons. The van der Waals surface area contributed by atoms with Crippen LogP contribution >= 0.6 is 0 Å². The highest BCUT2D eigenvalue weighted by atomic mass is 16.5. The van der Waals surface area contributed by atoms with E-state index >= 15 is 0 Å². The number of rotatable bonds is 6. The lowest BCUT2D eigenvalue weighted by atomic mass is 10.1. The van der Waals surface area contributed by atoms with Crippen molar-refractivity contribution in [3.8, 4) is 5.75 Å². The molecular weight excluding hydrogens is 350 g/mol. The fraction of sp³-hybridized carbons (Fsp3) is 0.348. The molecular formula is C23H27N3O2. The molecule has 1 saturated heterocycles. The Hall–Kier alpha value is -2.79. The zero-order chi connectivity index (χ0) is 19.3. The van der Waals surface area contributed by atoms with E-state index in [-0.39, 0.29) is 5.56 Å². The molecule has 0 aliphatic carbocycles. The van der Waals surface area contributed by atoms with Crippen molar-refractivity contribution >= 4 is 16.6 Å². The molecule has 5 heteroatoms. The standard InChI is InChI=1S/C23H27N3O2/c1-17-14-23(27)25-22-15-20(9-10-21(17)22)28-13-5-8-19-16-24-11-12-26(19)18-6-3-2-4-7-18/h2-4,6-7,9-10,14-15,19,24H,5,8,11-13,16H2,1H3,(H,25,27). The first-order chi connectivity index (χ1) is 13.7. The number of aromatic nitrogens is 1. The van der Waals surface area contributed by atoms with E-state index in [0.29, 0.717) is 12.6 Å². The molecule has 4 rings (SSSR count). The Morgan fingerprint density at radius 1 is 1.14 bits per heavy atom. The SMILES string of the molecule is Cc1cc(=O)[nH]c2cc(OCCCC3CNCCN3c3ccccc3)ccc12. The van der Waals surface area contributed by atoms with Crippen LogP contribution in [0.1, 0.15) is 18.4 Å². The zero-order valence-corrected chi connectivity index (χ0v) is 16.3. The highest BCUT2D eigenvalue weighted by Crippen LogP contribution is 2.22. The first-order valence-corrected chi connectivity index (χ1v) is 9.99. The van der Waals surface area contributed by atoms with Gasteiger partial charge in [-0.15, -0.1) is 0 Å². The van der Waals surface area contributed by atoms with Gasteiger partial charge in [-0.2, -0.15) is 0 Å². The summed E-state index contributed by atoms with van der Waals surface area (Å²) in [6.07, 6.45) is 2.06. The first-order valence-electron chi connectivity index (χ1n) is 9.99. The summed E-state index contributed by atoms with van der Waals surface area (Å²) in [5.74, 6) is 0.801. The fourth-order valence-corrected chi connectivity index (χ4v) is 3.99. The molecule has 28 heavy (non-hydrogen) atoms. The van der Waals surface area contributed by atoms with Crippen LogP contribution < -0.4 is 20.5 Å². The van der Waals surface area contributed by atoms with E-state index in [1.165, 1.54) is 5.69 Å². The number of piperazine rings is 1. The van der Waals surface area contributed by atoms with Crippen LogP contribution in [0.2, 0.25) is 0 Å². The average Bonchev–Trinajstić information content (AvgIpc) is 2.72. The van der Waals surface area contributed by atoms with E-state index in [9.17, 15) is 4.79 Å². The van der Waals surface area contributed by atoms with Gasteiger partial charge >= 0.3 is 0 Å². The van der Waals surface area contributed by atoms with Gasteiger partial charge < -0.3 is 19.9 Å². The Kier molecular flexibility index (Phi) is 5.63. The van der Waals surface area contributed by atoms with Crippen molar-refractivity contribution in [2.24, 2.45) is 0 Å². The van der Waals surface area contributed by atoms with Gasteiger partial charge in [-0.3, -0.25) is 4.79 Å². The summed E-state index contributed by atoms with van der Waals surface area (Å²) in [6.45, 7) is 5.68. The molecule has 1 aliphatic rings. The largest absolute Gasteiger partial charge is 0.494 e. The van der Waals surface area contributed by atoms with Crippen LogP contribution in [0.15, 0.2) is 59.4 Å². The van der Waals surface area contributed by atoms with E-state index in [4.69, 9.17) is 4.74 Å². The lowest BCUT2D eigenvalue weighted by Crippen LogP contribution is -2.51. The van der Waals surface area contributed by atoms with E-state index in [1.807, 2.05) is 25.1 Å². The van der Waals surface area contributed by atoms with Crippen molar-refractivity contribution in [3.05, 3.63) is 70.5 Å². The van der Waals surface area contributed by atoms with E-state index < -0.39 is 0 Å². The zero-order valence-electron chi connectivity index (χ0n) is 16.3. The number of anilines is 1. The van der Waals surface area contributed by atoms with Crippen LogP contribution in [0, 0.1) is 6.92 Å². The van der Waals surface area contributed by atoms with Crippen LogP contribution in [-0.2, 0) is 0 Å². The number of hydrogen-bond acceptors (Lipinski definition) is 4. The molecule has 2 aromatic carbocycles. The summed E-state index contributed by atoms with van der Waals surface area (Å²) >= 11 is 0. The van der Waals surface area contributed by atoms with Gasteiger partial charge in [0.05, 0.1) is 12.1 Å². The number of fused-ring (bicyclic) bond motifs is 1. The van der Waals surface area contributed by atoms with Gasteiger partial charge in [-0.05, 0) is 49.6 Å². The second kappa shape index (κ2) is 8.48. The molecule has 0 amide bonds. The molecule has 1 atom stereocenters. The quantitative estimate of drug-likeness (QED) is 0.646. The molecule has 5 nitrogen and oxygen atoms in total. The number of nitrogens with one attached hydrogen (secondary N) is 2. The van der Waals surface area contributed by atoms with Crippen molar-refractivity contribution in [2.45, 2.75) is 25.8 Å². The van der Waals surface area contributed by atoms with Crippen LogP contribution in [-0.4, -0.2) is 37.3 Å². The number of para-hydroxylation sites is 1. The number of aryl methyl sites for hydroxylation is 1. The van der Waals surface area contributed by atoms with Crippen LogP contribution in [0.25, 0.3) is 10.9 Å². The summed E-state index contributed by atoms with van der Waals surface area (Å²) in [5.41, 5.74) is 3.03. The molecule has 1 aromatic heterocycles. The van der Waals surface area contributed by atoms with Crippen LogP contribution in [0.3, 0.4) is 0 Å². The summed E-state index contributed by atoms with van der Waals surface area (Å²) in [5, 5.41) is 4.56. The van der Waals surface area contributed by atoms with Gasteiger partial charge in [0.15, 0.2) is 0 Å². The van der Waals surface area contributed by atoms with E-state index in [2.05, 4.69) is 45.5 Å². The molecule has 0 radical (unpaired) electrons. The predicted molar refractivity (Wildman–Crippen MR) is 114 cm³/mol. The highest BCUT2D eigenvalue weighted by Gasteiger charge is 2.21. The molecule has 3 aromatic rings. The molecule has 2 N–H and O–H groups in total. The minimum Gasteiger partial charge on any atom is -0.494 e. The second-order valence-corrected chi connectivity index (χ2v) is 7.40. The topological polar surface area (TPSA) is 57.4 Å². The number of ether oxygens (including phenoxy) is 1. The molecule has 0 spiro atoms. The van der Waals surface area contributed by atoms with Gasteiger partial charge in [0.2, 0.25) is 5.56 Å². The predicted octanol–water partition coefficient (Wildman–Crippen LogP) is 3.47. The third-order valence-electron chi connectivity index (χ3n) is 5.41. The minimum atomic E-state index is -0.0760. The summed E-state index contributed by atoms with van der Waals surface area (Å²) in [7, 11) is 0. The van der Waals surface area contributed by atoms with Gasteiger partial charge in [0.25, 0.3) is 0 Å². The molecule has 0 saturated carbocycles. The van der Waals surface area contributed by atoms with Crippen LogP contribution in [0.5, 0.6) is 5.75 Å². The fourth-order valence-electron chi connectivity index (χ4n) is 3.99. The lowest BCUT2D eigenvalue weighted by Gasteiger charge is -2.38. The van der Waals surface area contributed by atoms with Crippen molar-refractivity contribution < 1.29 is 4.74 Å². The summed E-state index contributed by atoms with van der Waals surface area (Å²) in [4.78, 5) is 17.1. The number of nitrogens with zero attached hydrogens (tertiary/aromatic N) is 1. The molecule has 1 unspecified atom stereocenters. The van der Waals surface area contributed by atoms with Crippen molar-refractivity contribution in [1.82, 2.24) is 10.3 Å². The lowest BCUT2D eigenvalue weighted by molar-refractivity contribution is 0.296. The van der Waals surface area contributed by atoms with Crippen molar-refractivity contribution in [3.63, 3.8) is 0 Å². The smallest absolute Gasteiger partial charge is 0.248 e. The third-order valence-corrected chi connectivity index (χ3v) is 5.41. The Balaban J connectivity index is 1.35. The Bertz CT molecular complexity index is 984. The summed E-state index contributed by atoms with van der Waals surface area (Å²) < 4.78 is 5.96. The Morgan fingerprint density at radius 2 is 2.00 bits per heavy atom. The van der Waals surface area contributed by atoms with Crippen molar-refractivity contribution in [1.29, 1.82) is 0 Å². The molecule has 0 bridgehead atoms. The second-order valence-electron chi connectivity index (χ2n) is 7.40. The monoisotopic (exact) mass is 377 g/mol. The maximum absolute atomic E-state index is 11.7. The first kappa shape index (κ1) is 18.6. The number of aromatic amines is 1. The van der Waals surface area contributed by atoms with E-state index in [0.717, 1.165) is 54.7 Å². The third kappa shape index (κ3) is 4.20. The van der Waals surface area contributed by atoms with Gasteiger partial charge in [0, 0.05) is 48.9 Å². The van der Waals surface area contributed by atoms with Crippen molar-refractivity contribution in [2.75, 3.05) is 31.1 Å². The average molecular weight is 377 g/mol. The number of hydrogen-bond donors (Lipinski definition) is 2. The molecule has 1 aliphatic heterocycles. The Labute approximate surface area is 165 Å². The van der Waals surface area contributed by atoms with Crippen LogP contribution in [0.4, 0.5) is 5.69 Å².